The number of nitrogens with one attached hydrogen (secondary N) is 1. The van der Waals surface area contributed by atoms with Crippen LogP contribution in [0.2, 0.25) is 0 Å². The monoisotopic (exact) mass is 252 g/mol. The molecular weight excluding hydrogens is 228 g/mol. The van der Waals surface area contributed by atoms with Crippen LogP contribution in [-0.2, 0) is 0 Å². The zero-order valence-electron chi connectivity index (χ0n) is 11.4. The first-order valence-corrected chi connectivity index (χ1v) is 7.56. The van der Waals surface area contributed by atoms with Crippen LogP contribution in [0.3, 0.4) is 0 Å². The van der Waals surface area contributed by atoms with Crippen molar-refractivity contribution in [3.05, 3.63) is 21.9 Å². The number of rotatable bonds is 3. The van der Waals surface area contributed by atoms with Crippen LogP contribution in [0.5, 0.6) is 0 Å². The SMILES string of the molecule is Cc1ccsc1C(C)NN1C(C)CCCC1C. The third kappa shape index (κ3) is 2.90. The van der Waals surface area contributed by atoms with Gasteiger partial charge in [-0.05, 0) is 57.5 Å². The fraction of sp³-hybridized carbons (Fsp3) is 0.714. The van der Waals surface area contributed by atoms with Crippen LogP contribution in [0.1, 0.15) is 56.5 Å². The number of thiophene rings is 1. The van der Waals surface area contributed by atoms with Gasteiger partial charge < -0.3 is 0 Å². The van der Waals surface area contributed by atoms with Crippen LogP contribution in [0, 0.1) is 6.92 Å². The zero-order valence-corrected chi connectivity index (χ0v) is 12.2. The van der Waals surface area contributed by atoms with E-state index >= 15 is 0 Å². The van der Waals surface area contributed by atoms with E-state index in [4.69, 9.17) is 0 Å². The summed E-state index contributed by atoms with van der Waals surface area (Å²) in [4.78, 5) is 1.47. The molecular formula is C14H24N2S. The molecule has 0 aromatic carbocycles. The summed E-state index contributed by atoms with van der Waals surface area (Å²) in [6.45, 7) is 9.13. The van der Waals surface area contributed by atoms with Gasteiger partial charge in [-0.3, -0.25) is 0 Å². The second-order valence-corrected chi connectivity index (χ2v) is 6.30. The molecule has 0 amide bonds. The van der Waals surface area contributed by atoms with Crippen LogP contribution < -0.4 is 5.43 Å². The minimum Gasteiger partial charge on any atom is -0.247 e. The molecule has 1 aliphatic heterocycles. The van der Waals surface area contributed by atoms with Crippen molar-refractivity contribution in [3.8, 4) is 0 Å². The van der Waals surface area contributed by atoms with E-state index in [-0.39, 0.29) is 0 Å². The van der Waals surface area contributed by atoms with Crippen LogP contribution >= 0.6 is 11.3 Å². The normalized spacial score (nSPS) is 28.2. The lowest BCUT2D eigenvalue weighted by atomic mass is 9.99. The van der Waals surface area contributed by atoms with Gasteiger partial charge in [0.05, 0.1) is 6.04 Å². The number of hydrazine groups is 1. The maximum absolute atomic E-state index is 3.71. The Bertz CT molecular complexity index is 351. The number of hydrogen-bond acceptors (Lipinski definition) is 3. The standard InChI is InChI=1S/C14H24N2S/c1-10-8-9-17-14(10)13(4)15-16-11(2)6-5-7-12(16)3/h8-9,11-13,15H,5-7H2,1-4H3. The van der Waals surface area contributed by atoms with Crippen molar-refractivity contribution in [1.29, 1.82) is 0 Å². The molecule has 3 atom stereocenters. The summed E-state index contributed by atoms with van der Waals surface area (Å²) in [6, 6.07) is 3.95. The van der Waals surface area contributed by atoms with Gasteiger partial charge in [0.15, 0.2) is 0 Å². The lowest BCUT2D eigenvalue weighted by Crippen LogP contribution is -2.52. The van der Waals surface area contributed by atoms with E-state index in [0.717, 1.165) is 0 Å². The molecule has 0 radical (unpaired) electrons. The van der Waals surface area contributed by atoms with Crippen molar-refractivity contribution >= 4 is 11.3 Å². The maximum atomic E-state index is 3.71. The van der Waals surface area contributed by atoms with E-state index in [2.05, 4.69) is 49.6 Å². The second-order valence-electron chi connectivity index (χ2n) is 5.35. The van der Waals surface area contributed by atoms with Gasteiger partial charge in [0.25, 0.3) is 0 Å². The molecule has 2 rings (SSSR count). The molecule has 1 aliphatic rings. The van der Waals surface area contributed by atoms with Gasteiger partial charge in [-0.25, -0.2) is 10.4 Å². The fourth-order valence-electron chi connectivity index (χ4n) is 2.79. The third-order valence-corrected chi connectivity index (χ3v) is 5.03. The van der Waals surface area contributed by atoms with Gasteiger partial charge in [-0.2, -0.15) is 0 Å². The average Bonchev–Trinajstić information content (AvgIpc) is 2.70. The molecule has 0 bridgehead atoms. The first-order chi connectivity index (χ1) is 8.09. The highest BCUT2D eigenvalue weighted by Gasteiger charge is 2.26. The topological polar surface area (TPSA) is 15.3 Å². The van der Waals surface area contributed by atoms with Crippen LogP contribution in [0.25, 0.3) is 0 Å². The highest BCUT2D eigenvalue weighted by Crippen LogP contribution is 2.27. The van der Waals surface area contributed by atoms with Crippen molar-refractivity contribution < 1.29 is 0 Å². The smallest absolute Gasteiger partial charge is 0.0532 e. The predicted molar refractivity (Wildman–Crippen MR) is 75.2 cm³/mol. The molecule has 0 aliphatic carbocycles. The third-order valence-electron chi connectivity index (χ3n) is 3.83. The number of aryl methyl sites for hydroxylation is 1. The average molecular weight is 252 g/mol. The Morgan fingerprint density at radius 3 is 2.53 bits per heavy atom. The highest BCUT2D eigenvalue weighted by atomic mass is 32.1. The summed E-state index contributed by atoms with van der Waals surface area (Å²) >= 11 is 1.86. The van der Waals surface area contributed by atoms with Gasteiger partial charge in [0.1, 0.15) is 0 Å². The van der Waals surface area contributed by atoms with Crippen LogP contribution in [0.15, 0.2) is 11.4 Å². The summed E-state index contributed by atoms with van der Waals surface area (Å²) in [5.41, 5.74) is 5.11. The van der Waals surface area contributed by atoms with Crippen LogP contribution in [-0.4, -0.2) is 17.1 Å². The van der Waals surface area contributed by atoms with E-state index in [1.807, 2.05) is 11.3 Å². The molecule has 1 saturated heterocycles. The molecule has 3 heteroatoms. The predicted octanol–water partition coefficient (Wildman–Crippen LogP) is 3.89. The zero-order chi connectivity index (χ0) is 12.4. The minimum atomic E-state index is 0.429. The molecule has 0 saturated carbocycles. The Morgan fingerprint density at radius 2 is 2.00 bits per heavy atom. The Kier molecular flexibility index (Phi) is 4.23. The highest BCUT2D eigenvalue weighted by molar-refractivity contribution is 7.10. The second kappa shape index (κ2) is 5.51. The molecule has 1 fully saturated rings. The molecule has 96 valence electrons. The minimum absolute atomic E-state index is 0.429. The number of piperidine rings is 1. The first-order valence-electron chi connectivity index (χ1n) is 6.68. The Hall–Kier alpha value is -0.380. The van der Waals surface area contributed by atoms with Gasteiger partial charge in [-0.1, -0.05) is 6.42 Å². The Balaban J connectivity index is 2.02. The van der Waals surface area contributed by atoms with Crippen molar-refractivity contribution in [2.24, 2.45) is 0 Å². The summed E-state index contributed by atoms with van der Waals surface area (Å²) in [5.74, 6) is 0. The molecule has 2 heterocycles. The molecule has 1 aromatic rings. The number of nitrogens with zero attached hydrogens (tertiary/aromatic N) is 1. The molecule has 17 heavy (non-hydrogen) atoms. The lowest BCUT2D eigenvalue weighted by molar-refractivity contribution is 0.0325. The van der Waals surface area contributed by atoms with Gasteiger partial charge >= 0.3 is 0 Å². The summed E-state index contributed by atoms with van der Waals surface area (Å²) in [7, 11) is 0. The Labute approximate surface area is 109 Å². The summed E-state index contributed by atoms with van der Waals surface area (Å²) in [6.07, 6.45) is 3.99. The molecule has 1 aromatic heterocycles. The van der Waals surface area contributed by atoms with E-state index in [1.165, 1.54) is 29.7 Å². The Morgan fingerprint density at radius 1 is 1.35 bits per heavy atom. The number of hydrogen-bond donors (Lipinski definition) is 1. The van der Waals surface area contributed by atoms with E-state index in [1.54, 1.807) is 0 Å². The molecule has 2 nitrogen and oxygen atoms in total. The van der Waals surface area contributed by atoms with Gasteiger partial charge in [0.2, 0.25) is 0 Å². The quantitative estimate of drug-likeness (QED) is 0.878. The fourth-order valence-corrected chi connectivity index (χ4v) is 3.72. The molecule has 3 unspecified atom stereocenters. The van der Waals surface area contributed by atoms with E-state index in [9.17, 15) is 0 Å². The van der Waals surface area contributed by atoms with Crippen molar-refractivity contribution in [3.63, 3.8) is 0 Å². The van der Waals surface area contributed by atoms with Gasteiger partial charge in [-0.15, -0.1) is 11.3 Å². The molecule has 1 N–H and O–H groups in total. The van der Waals surface area contributed by atoms with Crippen LogP contribution in [0.4, 0.5) is 0 Å². The van der Waals surface area contributed by atoms with Gasteiger partial charge in [0, 0.05) is 17.0 Å². The molecule has 0 spiro atoms. The lowest BCUT2D eigenvalue weighted by Gasteiger charge is -2.40. The van der Waals surface area contributed by atoms with E-state index < -0.39 is 0 Å². The first kappa shape index (κ1) is 13.1. The van der Waals surface area contributed by atoms with E-state index in [0.29, 0.717) is 18.1 Å². The maximum Gasteiger partial charge on any atom is 0.0532 e. The van der Waals surface area contributed by atoms with Crippen molar-refractivity contribution in [2.45, 2.75) is 65.1 Å². The largest absolute Gasteiger partial charge is 0.247 e. The van der Waals surface area contributed by atoms with Crippen molar-refractivity contribution in [1.82, 2.24) is 10.4 Å². The summed E-state index contributed by atoms with van der Waals surface area (Å²) < 4.78 is 0. The van der Waals surface area contributed by atoms with Crippen molar-refractivity contribution in [2.75, 3.05) is 0 Å². The summed E-state index contributed by atoms with van der Waals surface area (Å²) in [5, 5.41) is 4.65.